The third kappa shape index (κ3) is 2.34. The van der Waals surface area contributed by atoms with Crippen LogP contribution in [0.5, 0.6) is 0 Å². The topological polar surface area (TPSA) is 25.9 Å². The van der Waals surface area contributed by atoms with Gasteiger partial charge in [-0.25, -0.2) is 0 Å². The van der Waals surface area contributed by atoms with Crippen LogP contribution in [0.15, 0.2) is 24.3 Å². The molecule has 8 nitrogen and oxygen atoms in total. The van der Waals surface area contributed by atoms with Gasteiger partial charge >= 0.3 is 225 Å². The first-order chi connectivity index (χ1) is 17.7. The summed E-state index contributed by atoms with van der Waals surface area (Å²) in [5.41, 5.74) is 3.08. The standard InChI is InChI=1S/C24H40N8P2S2/c1-2-23(21-35-33-25-4-5-26(33)8-9-28(33)11-10-27(33)7-6-25)20-24(3-1)22-36-34-29-12-13-30(34)16-17-32(34)19-18-31(34)15-14-29/h1-3,20H,4-19,21-22H2. The predicted molar refractivity (Wildman–Crippen MR) is 155 cm³/mol. The van der Waals surface area contributed by atoms with Crippen LogP contribution >= 0.6 is 35.6 Å². The molecule has 12 heteroatoms. The van der Waals surface area contributed by atoms with Crippen LogP contribution in [-0.2, 0) is 11.5 Å². The summed E-state index contributed by atoms with van der Waals surface area (Å²) >= 11 is 4.69. The van der Waals surface area contributed by atoms with E-state index in [1.165, 1.54) is 116 Å². The molecule has 8 aliphatic rings. The Kier molecular flexibility index (Phi) is 4.89. The summed E-state index contributed by atoms with van der Waals surface area (Å²) in [6.45, 7) is 20.5. The molecular formula is C24H40N8P2S2. The number of rotatable bonds is 6. The molecule has 2 spiro atoms. The molecule has 1 aromatic carbocycles. The Labute approximate surface area is 224 Å². The van der Waals surface area contributed by atoms with Gasteiger partial charge in [-0.1, -0.05) is 0 Å². The van der Waals surface area contributed by atoms with Crippen molar-refractivity contribution in [2.45, 2.75) is 11.5 Å². The van der Waals surface area contributed by atoms with Crippen molar-refractivity contribution in [1.29, 1.82) is 0 Å². The second-order valence-corrected chi connectivity index (χ2v) is 26.3. The SMILES string of the molecule is c1cc(CSP234N5CCN2CCN3CCN4CC5)cc(CSP234N5CCN2CCN3CCN4CC5)c1. The normalized spacial score (nSPS) is 37.0. The van der Waals surface area contributed by atoms with Crippen molar-refractivity contribution < 1.29 is 0 Å². The Morgan fingerprint density at radius 1 is 0.444 bits per heavy atom. The summed E-state index contributed by atoms with van der Waals surface area (Å²) < 4.78 is 23.6. The fourth-order valence-corrected chi connectivity index (χ4v) is 33.4. The van der Waals surface area contributed by atoms with Crippen molar-refractivity contribution in [3.05, 3.63) is 35.4 Å². The maximum absolute atomic E-state index is 2.95. The zero-order valence-electron chi connectivity index (χ0n) is 21.3. The van der Waals surface area contributed by atoms with Gasteiger partial charge in [0.2, 0.25) is 0 Å². The van der Waals surface area contributed by atoms with Crippen LogP contribution < -0.4 is 0 Å². The van der Waals surface area contributed by atoms with Crippen molar-refractivity contribution in [2.75, 3.05) is 105 Å². The summed E-state index contributed by atoms with van der Waals surface area (Å²) in [5.74, 6) is 2.30. The van der Waals surface area contributed by atoms with Crippen LogP contribution in [0.4, 0.5) is 0 Å². The van der Waals surface area contributed by atoms with Crippen LogP contribution in [0.2, 0.25) is 0 Å². The van der Waals surface area contributed by atoms with Gasteiger partial charge in [0.15, 0.2) is 0 Å². The molecule has 0 N–H and O–H groups in total. The van der Waals surface area contributed by atoms with Gasteiger partial charge in [-0.15, -0.1) is 0 Å². The first kappa shape index (κ1) is 23.2. The molecule has 9 rings (SSSR count). The van der Waals surface area contributed by atoms with E-state index in [2.05, 4.69) is 84.4 Å². The Bertz CT molecular complexity index is 893. The minimum atomic E-state index is -2.28. The Balaban J connectivity index is 0.995. The Hall–Kier alpha value is 0.460. The Morgan fingerprint density at radius 2 is 0.694 bits per heavy atom. The van der Waals surface area contributed by atoms with Crippen molar-refractivity contribution in [3.8, 4) is 0 Å². The van der Waals surface area contributed by atoms with Gasteiger partial charge < -0.3 is 0 Å². The fourth-order valence-electron chi connectivity index (χ4n) is 9.53. The first-order valence-electron chi connectivity index (χ1n) is 14.1. The molecule has 8 aliphatic heterocycles. The molecule has 0 unspecified atom stereocenters. The molecular weight excluding hydrogens is 526 g/mol. The number of hydrogen-bond donors (Lipinski definition) is 0. The molecule has 36 heavy (non-hydrogen) atoms. The summed E-state index contributed by atoms with van der Waals surface area (Å²) in [5, 5.41) is 0. The van der Waals surface area contributed by atoms with Gasteiger partial charge in [-0.3, -0.25) is 0 Å². The van der Waals surface area contributed by atoms with Crippen molar-refractivity contribution >= 4 is 35.6 Å². The monoisotopic (exact) mass is 566 g/mol. The van der Waals surface area contributed by atoms with Gasteiger partial charge in [0.1, 0.15) is 0 Å². The molecule has 0 radical (unpaired) electrons. The molecule has 8 fully saturated rings. The maximum atomic E-state index is 2.95. The van der Waals surface area contributed by atoms with E-state index >= 15 is 0 Å². The fraction of sp³-hybridized carbons (Fsp3) is 0.750. The molecule has 198 valence electrons. The van der Waals surface area contributed by atoms with Gasteiger partial charge in [-0.2, -0.15) is 0 Å². The van der Waals surface area contributed by atoms with E-state index in [1.54, 1.807) is 0 Å². The minimum absolute atomic E-state index is 1.15. The van der Waals surface area contributed by atoms with Gasteiger partial charge in [0.25, 0.3) is 0 Å². The van der Waals surface area contributed by atoms with Gasteiger partial charge in [0.05, 0.1) is 0 Å². The number of hydrogen-bond acceptors (Lipinski definition) is 10. The molecule has 0 saturated carbocycles. The van der Waals surface area contributed by atoms with Crippen molar-refractivity contribution in [1.82, 2.24) is 37.4 Å². The molecule has 1 aromatic rings. The summed E-state index contributed by atoms with van der Waals surface area (Å²) in [6, 6.07) is 9.74. The summed E-state index contributed by atoms with van der Waals surface area (Å²) in [4.78, 5) is 0. The first-order valence-corrected chi connectivity index (χ1v) is 21.4. The second kappa shape index (κ2) is 7.59. The van der Waals surface area contributed by atoms with Gasteiger partial charge in [0, 0.05) is 0 Å². The van der Waals surface area contributed by atoms with E-state index in [0.29, 0.717) is 0 Å². The molecule has 8 saturated heterocycles. The van der Waals surface area contributed by atoms with Crippen molar-refractivity contribution in [3.63, 3.8) is 0 Å². The quantitative estimate of drug-likeness (QED) is 0.479. The zero-order valence-corrected chi connectivity index (χ0v) is 24.7. The summed E-state index contributed by atoms with van der Waals surface area (Å²) in [6.07, 6.45) is -4.55. The predicted octanol–water partition coefficient (Wildman–Crippen LogP) is 2.93. The molecule has 0 bridgehead atoms. The second-order valence-electron chi connectivity index (χ2n) is 11.7. The zero-order chi connectivity index (χ0) is 23.6. The third-order valence-corrected chi connectivity index (χ3v) is 32.9. The van der Waals surface area contributed by atoms with E-state index in [4.69, 9.17) is 0 Å². The van der Waals surface area contributed by atoms with E-state index in [9.17, 15) is 0 Å². The molecule has 0 amide bonds. The van der Waals surface area contributed by atoms with E-state index in [-0.39, 0.29) is 0 Å². The van der Waals surface area contributed by atoms with Crippen LogP contribution in [0.3, 0.4) is 0 Å². The van der Waals surface area contributed by atoms with Crippen molar-refractivity contribution in [2.24, 2.45) is 0 Å². The molecule has 0 aliphatic carbocycles. The van der Waals surface area contributed by atoms with E-state index < -0.39 is 12.8 Å². The molecule has 0 aromatic heterocycles. The number of nitrogens with zero attached hydrogens (tertiary/aromatic N) is 8. The number of benzene rings is 1. The van der Waals surface area contributed by atoms with E-state index in [1.807, 2.05) is 0 Å². The molecule has 8 heterocycles. The van der Waals surface area contributed by atoms with Crippen LogP contribution in [0.1, 0.15) is 11.1 Å². The average Bonchev–Trinajstić information content (AvgIpc) is 3.69. The van der Waals surface area contributed by atoms with Crippen LogP contribution in [0, 0.1) is 0 Å². The Morgan fingerprint density at radius 3 is 0.944 bits per heavy atom. The van der Waals surface area contributed by atoms with E-state index in [0.717, 1.165) is 11.5 Å². The summed E-state index contributed by atoms with van der Waals surface area (Å²) in [7, 11) is 0. The molecule has 0 atom stereocenters. The van der Waals surface area contributed by atoms with Crippen LogP contribution in [-0.4, -0.2) is 142 Å². The van der Waals surface area contributed by atoms with Crippen LogP contribution in [0.25, 0.3) is 0 Å². The average molecular weight is 567 g/mol. The van der Waals surface area contributed by atoms with Gasteiger partial charge in [-0.05, 0) is 0 Å². The third-order valence-electron chi connectivity index (χ3n) is 10.8.